The first-order chi connectivity index (χ1) is 5.25. The molecule has 0 saturated heterocycles. The second-order valence-corrected chi connectivity index (χ2v) is 2.42. The average Bonchev–Trinajstić information content (AvgIpc) is 2.04. The Kier molecular flexibility index (Phi) is 4.33. The van der Waals surface area contributed by atoms with Gasteiger partial charge in [-0.3, -0.25) is 0 Å². The molecule has 0 aromatic heterocycles. The summed E-state index contributed by atoms with van der Waals surface area (Å²) >= 11 is 0. The Bertz CT molecular complexity index is 233. The second kappa shape index (κ2) is 4.74. The van der Waals surface area contributed by atoms with E-state index in [0.29, 0.717) is 0 Å². The molecule has 0 spiro atoms. The van der Waals surface area contributed by atoms with Crippen LogP contribution in [0.25, 0.3) is 0 Å². The van der Waals surface area contributed by atoms with Crippen molar-refractivity contribution in [3.8, 4) is 5.75 Å². The Hall–Kier alpha value is -1.06. The van der Waals surface area contributed by atoms with Crippen molar-refractivity contribution < 1.29 is 15.3 Å². The predicted molar refractivity (Wildman–Crippen MR) is 47.2 cm³/mol. The summed E-state index contributed by atoms with van der Waals surface area (Å²) in [4.78, 5) is 0. The largest absolute Gasteiger partial charge is 0.496 e. The highest BCUT2D eigenvalue weighted by molar-refractivity contribution is 5.34. The zero-order valence-corrected chi connectivity index (χ0v) is 7.24. The van der Waals surface area contributed by atoms with Gasteiger partial charge < -0.3 is 15.3 Å². The van der Waals surface area contributed by atoms with E-state index >= 15 is 0 Å². The summed E-state index contributed by atoms with van der Waals surface area (Å²) in [7, 11) is 1.60. The van der Waals surface area contributed by atoms with Gasteiger partial charge in [-0.2, -0.15) is 0 Å². The van der Waals surface area contributed by atoms with Crippen LogP contribution in [0.1, 0.15) is 18.6 Å². The van der Waals surface area contributed by atoms with E-state index in [1.165, 1.54) is 0 Å². The van der Waals surface area contributed by atoms with Gasteiger partial charge >= 0.3 is 0 Å². The molecule has 0 fully saturated rings. The number of aliphatic hydroxyl groups excluding tert-OH is 1. The summed E-state index contributed by atoms with van der Waals surface area (Å²) in [6, 6.07) is 7.45. The summed E-state index contributed by atoms with van der Waals surface area (Å²) in [5.74, 6) is 0.738. The van der Waals surface area contributed by atoms with E-state index in [1.807, 2.05) is 24.3 Å². The molecule has 1 rings (SSSR count). The Morgan fingerprint density at radius 2 is 1.92 bits per heavy atom. The quantitative estimate of drug-likeness (QED) is 0.717. The smallest absolute Gasteiger partial charge is 0.124 e. The highest BCUT2D eigenvalue weighted by atomic mass is 16.5. The van der Waals surface area contributed by atoms with Gasteiger partial charge in [-0.05, 0) is 13.0 Å². The van der Waals surface area contributed by atoms with E-state index in [4.69, 9.17) is 4.74 Å². The molecule has 68 valence electrons. The van der Waals surface area contributed by atoms with Gasteiger partial charge in [0, 0.05) is 5.56 Å². The maximum absolute atomic E-state index is 9.26. The molecular weight excluding hydrogens is 156 g/mol. The normalized spacial score (nSPS) is 11.6. The zero-order valence-electron chi connectivity index (χ0n) is 7.24. The van der Waals surface area contributed by atoms with E-state index in [-0.39, 0.29) is 5.48 Å². The number of hydrogen-bond donors (Lipinski definition) is 1. The van der Waals surface area contributed by atoms with Gasteiger partial charge in [-0.15, -0.1) is 0 Å². The third-order valence-corrected chi connectivity index (χ3v) is 1.59. The molecule has 1 atom stereocenters. The van der Waals surface area contributed by atoms with Crippen LogP contribution in [-0.4, -0.2) is 17.7 Å². The third kappa shape index (κ3) is 2.22. The molecule has 0 bridgehead atoms. The van der Waals surface area contributed by atoms with E-state index in [0.717, 1.165) is 11.3 Å². The van der Waals surface area contributed by atoms with E-state index in [9.17, 15) is 5.11 Å². The first kappa shape index (κ1) is 10.9. The van der Waals surface area contributed by atoms with E-state index in [1.54, 1.807) is 14.0 Å². The minimum atomic E-state index is -0.467. The fraction of sp³-hybridized carbons (Fsp3) is 0.333. The topological polar surface area (TPSA) is 61.0 Å². The lowest BCUT2D eigenvalue weighted by Crippen LogP contribution is -1.95. The van der Waals surface area contributed by atoms with Crippen LogP contribution in [-0.2, 0) is 0 Å². The van der Waals surface area contributed by atoms with Gasteiger partial charge in [-0.1, -0.05) is 18.2 Å². The molecule has 0 amide bonds. The molecule has 0 radical (unpaired) electrons. The van der Waals surface area contributed by atoms with Crippen LogP contribution in [0.5, 0.6) is 5.75 Å². The molecule has 1 unspecified atom stereocenters. The van der Waals surface area contributed by atoms with Crippen molar-refractivity contribution in [2.75, 3.05) is 7.11 Å². The van der Waals surface area contributed by atoms with Gasteiger partial charge in [0.1, 0.15) is 5.75 Å². The number of hydrogen-bond acceptors (Lipinski definition) is 2. The lowest BCUT2D eigenvalue weighted by molar-refractivity contribution is 0.194. The molecule has 0 heterocycles. The fourth-order valence-corrected chi connectivity index (χ4v) is 1.01. The number of methoxy groups -OCH3 is 1. The minimum absolute atomic E-state index is 0. The van der Waals surface area contributed by atoms with Crippen LogP contribution in [0.15, 0.2) is 24.3 Å². The number of rotatable bonds is 2. The first-order valence-corrected chi connectivity index (χ1v) is 3.56. The molecular formula is C9H14O3. The first-order valence-electron chi connectivity index (χ1n) is 3.56. The fourth-order valence-electron chi connectivity index (χ4n) is 1.01. The molecule has 1 aromatic rings. The molecule has 12 heavy (non-hydrogen) atoms. The monoisotopic (exact) mass is 170 g/mol. The molecule has 0 aliphatic heterocycles. The lowest BCUT2D eigenvalue weighted by atomic mass is 10.1. The van der Waals surface area contributed by atoms with Crippen LogP contribution in [0, 0.1) is 0 Å². The summed E-state index contributed by atoms with van der Waals surface area (Å²) in [6.07, 6.45) is -0.467. The highest BCUT2D eigenvalue weighted by Gasteiger charge is 2.05. The molecule has 0 saturated carbocycles. The van der Waals surface area contributed by atoms with Crippen LogP contribution in [0.3, 0.4) is 0 Å². The van der Waals surface area contributed by atoms with Crippen molar-refractivity contribution in [2.24, 2.45) is 0 Å². The Morgan fingerprint density at radius 3 is 2.33 bits per heavy atom. The standard InChI is InChI=1S/C9H12O2.H2O/c1-7(10)8-5-3-4-6-9(8)11-2;/h3-7,10H,1-2H3;1H2. The Labute approximate surface area is 71.9 Å². The molecule has 1 aromatic carbocycles. The number of benzene rings is 1. The summed E-state index contributed by atoms with van der Waals surface area (Å²) in [6.45, 7) is 1.72. The molecule has 3 nitrogen and oxygen atoms in total. The van der Waals surface area contributed by atoms with Crippen molar-refractivity contribution in [1.82, 2.24) is 0 Å². The van der Waals surface area contributed by atoms with Crippen LogP contribution in [0.4, 0.5) is 0 Å². The van der Waals surface area contributed by atoms with Gasteiger partial charge in [0.15, 0.2) is 0 Å². The van der Waals surface area contributed by atoms with Crippen LogP contribution < -0.4 is 4.74 Å². The summed E-state index contributed by atoms with van der Waals surface area (Å²) in [5.41, 5.74) is 0.829. The Morgan fingerprint density at radius 1 is 1.33 bits per heavy atom. The molecule has 3 N–H and O–H groups in total. The molecule has 3 heteroatoms. The van der Waals surface area contributed by atoms with Crippen LogP contribution in [0.2, 0.25) is 0 Å². The highest BCUT2D eigenvalue weighted by Crippen LogP contribution is 2.23. The predicted octanol–water partition coefficient (Wildman–Crippen LogP) is 0.924. The maximum atomic E-state index is 9.26. The van der Waals surface area contributed by atoms with Crippen molar-refractivity contribution in [1.29, 1.82) is 0 Å². The zero-order chi connectivity index (χ0) is 8.27. The van der Waals surface area contributed by atoms with E-state index in [2.05, 4.69) is 0 Å². The minimum Gasteiger partial charge on any atom is -0.496 e. The van der Waals surface area contributed by atoms with Gasteiger partial charge in [0.2, 0.25) is 0 Å². The molecule has 0 aliphatic carbocycles. The van der Waals surface area contributed by atoms with Crippen molar-refractivity contribution >= 4 is 0 Å². The van der Waals surface area contributed by atoms with Gasteiger partial charge in [-0.25, -0.2) is 0 Å². The van der Waals surface area contributed by atoms with Gasteiger partial charge in [0.25, 0.3) is 0 Å². The maximum Gasteiger partial charge on any atom is 0.124 e. The molecule has 0 aliphatic rings. The third-order valence-electron chi connectivity index (χ3n) is 1.59. The lowest BCUT2D eigenvalue weighted by Gasteiger charge is -2.09. The summed E-state index contributed by atoms with van der Waals surface area (Å²) < 4.78 is 5.05. The van der Waals surface area contributed by atoms with Crippen LogP contribution >= 0.6 is 0 Å². The van der Waals surface area contributed by atoms with Crippen molar-refractivity contribution in [3.05, 3.63) is 29.8 Å². The number of aliphatic hydroxyl groups is 1. The SMILES string of the molecule is COc1ccccc1C(C)O.O. The average molecular weight is 170 g/mol. The van der Waals surface area contributed by atoms with Crippen molar-refractivity contribution in [2.45, 2.75) is 13.0 Å². The number of ether oxygens (including phenoxy) is 1. The number of para-hydroxylation sites is 1. The second-order valence-electron chi connectivity index (χ2n) is 2.42. The van der Waals surface area contributed by atoms with Crippen molar-refractivity contribution in [3.63, 3.8) is 0 Å². The Balaban J connectivity index is 0.00000121. The summed E-state index contributed by atoms with van der Waals surface area (Å²) in [5, 5.41) is 9.26. The van der Waals surface area contributed by atoms with E-state index < -0.39 is 6.10 Å². The van der Waals surface area contributed by atoms with Gasteiger partial charge in [0.05, 0.1) is 13.2 Å².